The Hall–Kier alpha value is -3.13. The Morgan fingerprint density at radius 2 is 1.91 bits per heavy atom. The van der Waals surface area contributed by atoms with E-state index in [0.717, 1.165) is 30.5 Å². The number of benzene rings is 2. The second-order valence-electron chi connectivity index (χ2n) is 8.85. The molecule has 186 valence electrons. The Kier molecular flexibility index (Phi) is 8.23. The second kappa shape index (κ2) is 11.5. The van der Waals surface area contributed by atoms with Crippen LogP contribution >= 0.6 is 11.8 Å². The van der Waals surface area contributed by atoms with E-state index in [2.05, 4.69) is 12.2 Å². The van der Waals surface area contributed by atoms with E-state index < -0.39 is 12.6 Å². The summed E-state index contributed by atoms with van der Waals surface area (Å²) < 4.78 is 11.0. The molecule has 0 aromatic heterocycles. The number of hydrogen-bond donors (Lipinski definition) is 2. The predicted octanol–water partition coefficient (Wildman–Crippen LogP) is 5.44. The molecule has 0 bridgehead atoms. The van der Waals surface area contributed by atoms with E-state index in [-0.39, 0.29) is 17.4 Å². The molecule has 8 heteroatoms. The number of anilines is 1. The fraction of sp³-hybridized carbons (Fsp3) is 0.407. The second-order valence-corrected chi connectivity index (χ2v) is 9.97. The molecule has 2 aromatic carbocycles. The van der Waals surface area contributed by atoms with Crippen molar-refractivity contribution in [1.82, 2.24) is 4.90 Å². The first-order valence-corrected chi connectivity index (χ1v) is 13.0. The van der Waals surface area contributed by atoms with Gasteiger partial charge in [0.25, 0.3) is 5.91 Å². The first kappa shape index (κ1) is 25.0. The molecule has 2 fully saturated rings. The SMILES string of the molecule is CCOc1cc(/C=C2\SC(Nc3ccccc3)N([C@@H]3CCCC[C@@H]3C)C2=O)ccc1OCC(=O)O. The molecule has 1 amide bonds. The molecule has 1 unspecified atom stereocenters. The quantitative estimate of drug-likeness (QED) is 0.447. The first-order chi connectivity index (χ1) is 17.0. The maximum atomic E-state index is 13.7. The molecule has 0 radical (unpaired) electrons. The summed E-state index contributed by atoms with van der Waals surface area (Å²) in [6.45, 7) is 4.06. The topological polar surface area (TPSA) is 88.1 Å². The zero-order valence-electron chi connectivity index (χ0n) is 20.1. The average Bonchev–Trinajstić information content (AvgIpc) is 3.14. The molecule has 2 aromatic rings. The number of hydrogen-bond acceptors (Lipinski definition) is 6. The van der Waals surface area contributed by atoms with Crippen LogP contribution in [0.3, 0.4) is 0 Å². The summed E-state index contributed by atoms with van der Waals surface area (Å²) in [6, 6.07) is 15.4. The fourth-order valence-corrected chi connectivity index (χ4v) is 5.87. The molecule has 1 saturated heterocycles. The maximum Gasteiger partial charge on any atom is 0.341 e. The van der Waals surface area contributed by atoms with Crippen molar-refractivity contribution in [2.75, 3.05) is 18.5 Å². The lowest BCUT2D eigenvalue weighted by atomic mass is 9.85. The number of ether oxygens (including phenoxy) is 2. The molecule has 2 aliphatic rings. The minimum Gasteiger partial charge on any atom is -0.490 e. The molecule has 35 heavy (non-hydrogen) atoms. The Bertz CT molecular complexity index is 1070. The van der Waals surface area contributed by atoms with Crippen molar-refractivity contribution in [3.05, 3.63) is 59.0 Å². The summed E-state index contributed by atoms with van der Waals surface area (Å²) in [4.78, 5) is 27.3. The molecule has 1 saturated carbocycles. The van der Waals surface area contributed by atoms with Gasteiger partial charge in [0.1, 0.15) is 0 Å². The van der Waals surface area contributed by atoms with Crippen LogP contribution < -0.4 is 14.8 Å². The summed E-state index contributed by atoms with van der Waals surface area (Å²) >= 11 is 1.53. The zero-order valence-corrected chi connectivity index (χ0v) is 20.9. The summed E-state index contributed by atoms with van der Waals surface area (Å²) in [5, 5.41) is 12.5. The number of carbonyl (C=O) groups is 2. The van der Waals surface area contributed by atoms with Crippen molar-refractivity contribution in [1.29, 1.82) is 0 Å². The number of carboxylic acid groups (broad SMARTS) is 1. The highest BCUT2D eigenvalue weighted by Gasteiger charge is 2.42. The highest BCUT2D eigenvalue weighted by molar-refractivity contribution is 8.05. The van der Waals surface area contributed by atoms with Gasteiger partial charge in [-0.2, -0.15) is 0 Å². The molecule has 3 atom stereocenters. The molecule has 0 spiro atoms. The fourth-order valence-electron chi connectivity index (χ4n) is 4.66. The maximum absolute atomic E-state index is 13.7. The minimum atomic E-state index is -1.06. The van der Waals surface area contributed by atoms with Crippen molar-refractivity contribution in [3.63, 3.8) is 0 Å². The first-order valence-electron chi connectivity index (χ1n) is 12.1. The Morgan fingerprint density at radius 3 is 2.63 bits per heavy atom. The van der Waals surface area contributed by atoms with Gasteiger partial charge in [-0.3, -0.25) is 4.79 Å². The van der Waals surface area contributed by atoms with Crippen molar-refractivity contribution < 1.29 is 24.2 Å². The molecule has 7 nitrogen and oxygen atoms in total. The van der Waals surface area contributed by atoms with Gasteiger partial charge in [-0.05, 0) is 61.6 Å². The lowest BCUT2D eigenvalue weighted by molar-refractivity contribution is -0.139. The number of thioether (sulfide) groups is 1. The van der Waals surface area contributed by atoms with Gasteiger partial charge in [0.05, 0.1) is 11.5 Å². The monoisotopic (exact) mass is 496 g/mol. The van der Waals surface area contributed by atoms with E-state index in [1.165, 1.54) is 18.2 Å². The molecule has 1 aliphatic heterocycles. The van der Waals surface area contributed by atoms with E-state index in [1.807, 2.05) is 54.3 Å². The third kappa shape index (κ3) is 6.11. The van der Waals surface area contributed by atoms with Gasteiger partial charge < -0.3 is 24.8 Å². The largest absolute Gasteiger partial charge is 0.490 e. The van der Waals surface area contributed by atoms with Crippen molar-refractivity contribution >= 4 is 35.4 Å². The summed E-state index contributed by atoms with van der Waals surface area (Å²) in [7, 11) is 0. The van der Waals surface area contributed by atoms with Crippen LogP contribution in [0.25, 0.3) is 6.08 Å². The number of nitrogens with one attached hydrogen (secondary N) is 1. The van der Waals surface area contributed by atoms with E-state index in [9.17, 15) is 9.59 Å². The Labute approximate surface area is 210 Å². The summed E-state index contributed by atoms with van der Waals surface area (Å²) in [5.41, 5.74) is 1.58. The van der Waals surface area contributed by atoms with Crippen molar-refractivity contribution in [3.8, 4) is 11.5 Å². The zero-order chi connectivity index (χ0) is 24.8. The van der Waals surface area contributed by atoms with Gasteiger partial charge in [0, 0.05) is 11.7 Å². The number of para-hydroxylation sites is 1. The summed E-state index contributed by atoms with van der Waals surface area (Å²) in [6.07, 6.45) is 6.37. The van der Waals surface area contributed by atoms with E-state index in [1.54, 1.807) is 12.1 Å². The van der Waals surface area contributed by atoms with Gasteiger partial charge in [-0.25, -0.2) is 4.79 Å². The van der Waals surface area contributed by atoms with Crippen LogP contribution in [-0.4, -0.2) is 46.6 Å². The summed E-state index contributed by atoms with van der Waals surface area (Å²) in [5.74, 6) is 0.244. The number of nitrogens with zero attached hydrogens (tertiary/aromatic N) is 1. The van der Waals surface area contributed by atoms with Crippen LogP contribution in [0, 0.1) is 5.92 Å². The highest BCUT2D eigenvalue weighted by Crippen LogP contribution is 2.42. The van der Waals surface area contributed by atoms with E-state index >= 15 is 0 Å². The Balaban J connectivity index is 1.62. The standard InChI is InChI=1S/C27H32N2O5S/c1-3-33-23-15-19(13-14-22(23)34-17-25(30)31)16-24-26(32)29(21-12-8-7-9-18(21)2)27(35-24)28-20-10-5-4-6-11-20/h4-6,10-11,13-16,18,21,27-28H,3,7-9,12,17H2,1-2H3,(H,30,31)/b24-16-/t18-,21+,27?/m0/s1. The van der Waals surface area contributed by atoms with E-state index in [4.69, 9.17) is 14.6 Å². The van der Waals surface area contributed by atoms with Crippen molar-refractivity contribution in [2.45, 2.75) is 51.1 Å². The van der Waals surface area contributed by atoms with Crippen LogP contribution in [-0.2, 0) is 9.59 Å². The van der Waals surface area contributed by atoms with Crippen LogP contribution in [0.4, 0.5) is 5.69 Å². The highest BCUT2D eigenvalue weighted by atomic mass is 32.2. The molecule has 2 N–H and O–H groups in total. The van der Waals surface area contributed by atoms with Crippen molar-refractivity contribution in [2.24, 2.45) is 5.92 Å². The van der Waals surface area contributed by atoms with Gasteiger partial charge in [-0.1, -0.05) is 55.8 Å². The number of amides is 1. The normalized spacial score (nSPS) is 23.4. The average molecular weight is 497 g/mol. The molecule has 1 aliphatic carbocycles. The minimum absolute atomic E-state index is 0.0337. The lowest BCUT2D eigenvalue weighted by Crippen LogP contribution is -2.48. The molecular formula is C27H32N2O5S. The predicted molar refractivity (Wildman–Crippen MR) is 138 cm³/mol. The van der Waals surface area contributed by atoms with Gasteiger partial charge in [-0.15, -0.1) is 0 Å². The van der Waals surface area contributed by atoms with Gasteiger partial charge in [0.15, 0.2) is 23.6 Å². The smallest absolute Gasteiger partial charge is 0.341 e. The van der Waals surface area contributed by atoms with Crippen LogP contribution in [0.2, 0.25) is 0 Å². The third-order valence-electron chi connectivity index (χ3n) is 6.34. The lowest BCUT2D eigenvalue weighted by Gasteiger charge is -2.39. The van der Waals surface area contributed by atoms with Crippen LogP contribution in [0.5, 0.6) is 11.5 Å². The van der Waals surface area contributed by atoms with Gasteiger partial charge in [0.2, 0.25) is 0 Å². The van der Waals surface area contributed by atoms with Crippen LogP contribution in [0.1, 0.15) is 45.1 Å². The van der Waals surface area contributed by atoms with E-state index in [0.29, 0.717) is 28.9 Å². The number of aliphatic carboxylic acids is 1. The molecule has 4 rings (SSSR count). The Morgan fingerprint density at radius 1 is 1.14 bits per heavy atom. The molecular weight excluding hydrogens is 464 g/mol. The van der Waals surface area contributed by atoms with Gasteiger partial charge >= 0.3 is 5.97 Å². The third-order valence-corrected chi connectivity index (χ3v) is 7.46. The number of rotatable bonds is 9. The van der Waals surface area contributed by atoms with Crippen LogP contribution in [0.15, 0.2) is 53.4 Å². The molecule has 1 heterocycles. The number of carboxylic acids is 1. The number of carbonyl (C=O) groups excluding carboxylic acids is 1.